The summed E-state index contributed by atoms with van der Waals surface area (Å²) in [6.45, 7) is 0.123. The molecular weight excluding hydrogens is 335 g/mol. The van der Waals surface area contributed by atoms with Crippen LogP contribution in [0.1, 0.15) is 15.9 Å². The van der Waals surface area contributed by atoms with Gasteiger partial charge in [-0.25, -0.2) is 4.39 Å². The summed E-state index contributed by atoms with van der Waals surface area (Å²) in [6.07, 6.45) is 1.49. The first-order valence-electron chi connectivity index (χ1n) is 7.04. The summed E-state index contributed by atoms with van der Waals surface area (Å²) in [4.78, 5) is 26.8. The maximum absolute atomic E-state index is 13.1. The maximum Gasteiger partial charge on any atom is 0.261 e. The van der Waals surface area contributed by atoms with Gasteiger partial charge in [-0.1, -0.05) is 17.7 Å². The fourth-order valence-electron chi connectivity index (χ4n) is 2.16. The molecule has 2 heterocycles. The minimum atomic E-state index is -0.539. The van der Waals surface area contributed by atoms with Crippen molar-refractivity contribution in [1.29, 1.82) is 0 Å². The Morgan fingerprint density at radius 1 is 1.25 bits per heavy atom. The van der Waals surface area contributed by atoms with Crippen molar-refractivity contribution in [2.45, 2.75) is 6.54 Å². The molecule has 0 aliphatic carbocycles. The van der Waals surface area contributed by atoms with Gasteiger partial charge in [0.25, 0.3) is 11.5 Å². The number of hydrogen-bond acceptors (Lipinski definition) is 3. The van der Waals surface area contributed by atoms with Crippen LogP contribution in [0.15, 0.2) is 57.9 Å². The van der Waals surface area contributed by atoms with Gasteiger partial charge in [0.2, 0.25) is 0 Å². The third-order valence-electron chi connectivity index (χ3n) is 3.38. The molecule has 0 saturated heterocycles. The van der Waals surface area contributed by atoms with E-state index in [-0.39, 0.29) is 17.1 Å². The van der Waals surface area contributed by atoms with Crippen molar-refractivity contribution in [3.8, 4) is 11.5 Å². The molecule has 3 aromatic rings. The average molecular weight is 347 g/mol. The number of aromatic nitrogens is 1. The molecule has 5 nitrogen and oxygen atoms in total. The Labute approximate surface area is 141 Å². The molecule has 0 aliphatic heterocycles. The predicted octanol–water partition coefficient (Wildman–Crippen LogP) is 3.36. The van der Waals surface area contributed by atoms with Crippen molar-refractivity contribution < 1.29 is 13.6 Å². The first-order valence-corrected chi connectivity index (χ1v) is 7.42. The monoisotopic (exact) mass is 346 g/mol. The number of carbonyl (C=O) groups is 1. The van der Waals surface area contributed by atoms with E-state index in [1.165, 1.54) is 30.5 Å². The summed E-state index contributed by atoms with van der Waals surface area (Å²) in [5.41, 5.74) is 0.544. The van der Waals surface area contributed by atoms with Gasteiger partial charge in [0, 0.05) is 6.54 Å². The van der Waals surface area contributed by atoms with Gasteiger partial charge in [-0.2, -0.15) is 0 Å². The van der Waals surface area contributed by atoms with Gasteiger partial charge in [0.15, 0.2) is 0 Å². The third-order valence-corrected chi connectivity index (χ3v) is 3.67. The minimum absolute atomic E-state index is 0.0256. The number of aromatic amines is 1. The molecule has 0 bridgehead atoms. The van der Waals surface area contributed by atoms with Crippen LogP contribution in [-0.2, 0) is 6.54 Å². The van der Waals surface area contributed by atoms with Crippen LogP contribution in [-0.4, -0.2) is 10.9 Å². The van der Waals surface area contributed by atoms with Gasteiger partial charge in [-0.15, -0.1) is 0 Å². The highest BCUT2D eigenvalue weighted by Crippen LogP contribution is 2.17. The van der Waals surface area contributed by atoms with Crippen molar-refractivity contribution in [2.24, 2.45) is 0 Å². The number of H-pyrrole nitrogens is 1. The standard InChI is InChI=1S/C17H12ClFN2O3/c18-12-8-10(3-5-13(12)19)9-20-16(22)11-4-6-14(21-17(11)23)15-2-1-7-24-15/h1-8H,9H2,(H,20,22)(H,21,23). The maximum atomic E-state index is 13.1. The van der Waals surface area contributed by atoms with Crippen molar-refractivity contribution in [2.75, 3.05) is 0 Å². The van der Waals surface area contributed by atoms with Crippen LogP contribution in [0, 0.1) is 5.82 Å². The van der Waals surface area contributed by atoms with Crippen LogP contribution < -0.4 is 10.9 Å². The molecule has 3 rings (SSSR count). The lowest BCUT2D eigenvalue weighted by Gasteiger charge is -2.06. The molecule has 0 spiro atoms. The number of halogens is 2. The van der Waals surface area contributed by atoms with Crippen LogP contribution in [0.5, 0.6) is 0 Å². The van der Waals surface area contributed by atoms with Crippen molar-refractivity contribution in [1.82, 2.24) is 10.3 Å². The molecule has 0 radical (unpaired) electrons. The van der Waals surface area contributed by atoms with Gasteiger partial charge in [0.1, 0.15) is 17.1 Å². The Morgan fingerprint density at radius 3 is 2.75 bits per heavy atom. The predicted molar refractivity (Wildman–Crippen MR) is 87.3 cm³/mol. The Kier molecular flexibility index (Phi) is 4.48. The van der Waals surface area contributed by atoms with Gasteiger partial charge in [-0.3, -0.25) is 9.59 Å². The van der Waals surface area contributed by atoms with Gasteiger partial charge < -0.3 is 14.7 Å². The lowest BCUT2D eigenvalue weighted by molar-refractivity contribution is 0.0949. The van der Waals surface area contributed by atoms with E-state index in [0.29, 0.717) is 17.0 Å². The van der Waals surface area contributed by atoms with Crippen molar-refractivity contribution >= 4 is 17.5 Å². The first-order chi connectivity index (χ1) is 11.5. The Bertz CT molecular complexity index is 935. The highest BCUT2D eigenvalue weighted by molar-refractivity contribution is 6.30. The average Bonchev–Trinajstić information content (AvgIpc) is 3.10. The number of hydrogen-bond donors (Lipinski definition) is 2. The van der Waals surface area contributed by atoms with E-state index in [0.717, 1.165) is 0 Å². The highest BCUT2D eigenvalue weighted by Gasteiger charge is 2.12. The summed E-state index contributed by atoms with van der Waals surface area (Å²) in [5.74, 6) is -0.570. The molecule has 0 saturated carbocycles. The van der Waals surface area contributed by atoms with Gasteiger partial charge in [0.05, 0.1) is 17.0 Å². The second-order valence-electron chi connectivity index (χ2n) is 5.02. The third kappa shape index (κ3) is 3.38. The molecule has 24 heavy (non-hydrogen) atoms. The molecule has 0 unspecified atom stereocenters. The number of furan rings is 1. The lowest BCUT2D eigenvalue weighted by atomic mass is 10.2. The normalized spacial score (nSPS) is 10.6. The zero-order chi connectivity index (χ0) is 17.1. The van der Waals surface area contributed by atoms with Crippen LogP contribution >= 0.6 is 11.6 Å². The van der Waals surface area contributed by atoms with E-state index < -0.39 is 17.3 Å². The number of benzene rings is 1. The van der Waals surface area contributed by atoms with Crippen molar-refractivity contribution in [3.05, 3.63) is 81.0 Å². The molecular formula is C17H12ClFN2O3. The fraction of sp³-hybridized carbons (Fsp3) is 0.0588. The molecule has 1 amide bonds. The number of amides is 1. The Morgan fingerprint density at radius 2 is 2.08 bits per heavy atom. The highest BCUT2D eigenvalue weighted by atomic mass is 35.5. The largest absolute Gasteiger partial charge is 0.463 e. The molecule has 2 N–H and O–H groups in total. The quantitative estimate of drug-likeness (QED) is 0.760. The van der Waals surface area contributed by atoms with E-state index in [2.05, 4.69) is 10.3 Å². The Balaban J connectivity index is 1.73. The van der Waals surface area contributed by atoms with Gasteiger partial charge >= 0.3 is 0 Å². The smallest absolute Gasteiger partial charge is 0.261 e. The van der Waals surface area contributed by atoms with E-state index in [9.17, 15) is 14.0 Å². The zero-order valence-electron chi connectivity index (χ0n) is 12.3. The number of pyridine rings is 1. The molecule has 0 fully saturated rings. The Hall–Kier alpha value is -2.86. The second kappa shape index (κ2) is 6.72. The molecule has 122 valence electrons. The van der Waals surface area contributed by atoms with Crippen LogP contribution in [0.2, 0.25) is 5.02 Å². The van der Waals surface area contributed by atoms with E-state index in [1.807, 2.05) is 0 Å². The second-order valence-corrected chi connectivity index (χ2v) is 5.43. The lowest BCUT2D eigenvalue weighted by Crippen LogP contribution is -2.29. The fourth-order valence-corrected chi connectivity index (χ4v) is 2.36. The summed E-state index contributed by atoms with van der Waals surface area (Å²) >= 11 is 5.69. The SMILES string of the molecule is O=C(NCc1ccc(F)c(Cl)c1)c1ccc(-c2ccco2)[nH]c1=O. The molecule has 0 aliphatic rings. The zero-order valence-corrected chi connectivity index (χ0v) is 13.1. The topological polar surface area (TPSA) is 75.1 Å². The summed E-state index contributed by atoms with van der Waals surface area (Å²) in [7, 11) is 0. The molecule has 7 heteroatoms. The summed E-state index contributed by atoms with van der Waals surface area (Å²) in [6, 6.07) is 10.5. The van der Waals surface area contributed by atoms with Crippen LogP contribution in [0.25, 0.3) is 11.5 Å². The van der Waals surface area contributed by atoms with E-state index in [4.69, 9.17) is 16.0 Å². The van der Waals surface area contributed by atoms with Gasteiger partial charge in [-0.05, 0) is 42.0 Å². The first kappa shape index (κ1) is 16.0. The van der Waals surface area contributed by atoms with Crippen molar-refractivity contribution in [3.63, 3.8) is 0 Å². The van der Waals surface area contributed by atoms with E-state index >= 15 is 0 Å². The van der Waals surface area contributed by atoms with Crippen LogP contribution in [0.3, 0.4) is 0 Å². The molecule has 1 aromatic carbocycles. The minimum Gasteiger partial charge on any atom is -0.463 e. The number of rotatable bonds is 4. The molecule has 2 aromatic heterocycles. The van der Waals surface area contributed by atoms with Crippen LogP contribution in [0.4, 0.5) is 4.39 Å². The van der Waals surface area contributed by atoms with E-state index in [1.54, 1.807) is 18.2 Å². The molecule has 0 atom stereocenters. The summed E-state index contributed by atoms with van der Waals surface area (Å²) in [5, 5.41) is 2.57. The number of carbonyl (C=O) groups excluding carboxylic acids is 1. The summed E-state index contributed by atoms with van der Waals surface area (Å²) < 4.78 is 18.3. The number of nitrogens with one attached hydrogen (secondary N) is 2.